The fraction of sp³-hybridized carbons (Fsp3) is 0.375. The SMILES string of the molecule is CC1CCN(c2nc(=O)n(CC(=O)Nc3ccc4c(c3)OCCO4)c3ccccc23)CC1. The van der Waals surface area contributed by atoms with Crippen LogP contribution in [0, 0.1) is 5.92 Å². The Morgan fingerprint density at radius 3 is 2.66 bits per heavy atom. The van der Waals surface area contributed by atoms with Crippen LogP contribution in [-0.2, 0) is 11.3 Å². The van der Waals surface area contributed by atoms with Gasteiger partial charge < -0.3 is 19.7 Å². The second-order valence-corrected chi connectivity index (χ2v) is 8.40. The Balaban J connectivity index is 1.41. The van der Waals surface area contributed by atoms with Gasteiger partial charge in [0.1, 0.15) is 25.6 Å². The van der Waals surface area contributed by atoms with Crippen LogP contribution in [0.15, 0.2) is 47.3 Å². The van der Waals surface area contributed by atoms with Gasteiger partial charge in [0.25, 0.3) is 0 Å². The second kappa shape index (κ2) is 8.53. The summed E-state index contributed by atoms with van der Waals surface area (Å²) in [7, 11) is 0. The molecule has 1 N–H and O–H groups in total. The Morgan fingerprint density at radius 1 is 1.09 bits per heavy atom. The van der Waals surface area contributed by atoms with Crippen molar-refractivity contribution < 1.29 is 14.3 Å². The molecule has 32 heavy (non-hydrogen) atoms. The number of nitrogens with zero attached hydrogens (tertiary/aromatic N) is 3. The number of rotatable bonds is 4. The number of hydrogen-bond donors (Lipinski definition) is 1. The monoisotopic (exact) mass is 434 g/mol. The number of carbonyl (C=O) groups excluding carboxylic acids is 1. The van der Waals surface area contributed by atoms with Gasteiger partial charge in [-0.15, -0.1) is 0 Å². The summed E-state index contributed by atoms with van der Waals surface area (Å²) < 4.78 is 12.5. The molecule has 2 aliphatic heterocycles. The van der Waals surface area contributed by atoms with Gasteiger partial charge in [0.05, 0.1) is 5.52 Å². The Bertz CT molecular complexity index is 1210. The third-order valence-electron chi connectivity index (χ3n) is 6.08. The molecule has 0 saturated carbocycles. The largest absolute Gasteiger partial charge is 0.486 e. The van der Waals surface area contributed by atoms with E-state index in [2.05, 4.69) is 22.1 Å². The molecule has 1 amide bonds. The lowest BCUT2D eigenvalue weighted by Crippen LogP contribution is -2.37. The average molecular weight is 434 g/mol. The molecule has 0 bridgehead atoms. The Hall–Kier alpha value is -3.55. The molecule has 2 aromatic carbocycles. The van der Waals surface area contributed by atoms with Crippen molar-refractivity contribution in [2.24, 2.45) is 5.92 Å². The van der Waals surface area contributed by atoms with Crippen LogP contribution >= 0.6 is 0 Å². The highest BCUT2D eigenvalue weighted by atomic mass is 16.6. The molecule has 8 heteroatoms. The molecule has 1 fully saturated rings. The maximum absolute atomic E-state index is 12.9. The lowest BCUT2D eigenvalue weighted by molar-refractivity contribution is -0.116. The standard InChI is InChI=1S/C24H26N4O4/c1-16-8-10-27(11-9-16)23-18-4-2-3-5-19(18)28(24(30)26-23)15-22(29)25-17-6-7-20-21(14-17)32-13-12-31-20/h2-7,14,16H,8-13,15H2,1H3,(H,25,29). The minimum atomic E-state index is -0.422. The minimum Gasteiger partial charge on any atom is -0.486 e. The van der Waals surface area contributed by atoms with Crippen molar-refractivity contribution >= 4 is 28.3 Å². The number of para-hydroxylation sites is 1. The van der Waals surface area contributed by atoms with Crippen LogP contribution in [0.1, 0.15) is 19.8 Å². The van der Waals surface area contributed by atoms with Crippen molar-refractivity contribution in [3.63, 3.8) is 0 Å². The first-order chi connectivity index (χ1) is 15.6. The Morgan fingerprint density at radius 2 is 1.84 bits per heavy atom. The Kier molecular flexibility index (Phi) is 5.43. The van der Waals surface area contributed by atoms with Crippen molar-refractivity contribution in [3.8, 4) is 11.5 Å². The molecule has 0 aliphatic carbocycles. The summed E-state index contributed by atoms with van der Waals surface area (Å²) in [5.74, 6) is 2.33. The number of aromatic nitrogens is 2. The predicted molar refractivity (Wildman–Crippen MR) is 123 cm³/mol. The van der Waals surface area contributed by atoms with E-state index < -0.39 is 5.69 Å². The van der Waals surface area contributed by atoms with Gasteiger partial charge in [0.2, 0.25) is 5.91 Å². The van der Waals surface area contributed by atoms with Gasteiger partial charge in [-0.2, -0.15) is 4.98 Å². The van der Waals surface area contributed by atoms with E-state index in [1.54, 1.807) is 18.2 Å². The van der Waals surface area contributed by atoms with E-state index in [0.717, 1.165) is 31.3 Å². The summed E-state index contributed by atoms with van der Waals surface area (Å²) in [4.78, 5) is 32.3. The summed E-state index contributed by atoms with van der Waals surface area (Å²) >= 11 is 0. The number of nitrogens with one attached hydrogen (secondary N) is 1. The van der Waals surface area contributed by atoms with Crippen molar-refractivity contribution in [1.29, 1.82) is 0 Å². The van der Waals surface area contributed by atoms with Crippen molar-refractivity contribution in [2.75, 3.05) is 36.5 Å². The van der Waals surface area contributed by atoms with Crippen LogP contribution in [0.25, 0.3) is 10.9 Å². The summed E-state index contributed by atoms with van der Waals surface area (Å²) in [6.45, 7) is 4.87. The molecule has 0 atom stereocenters. The van der Waals surface area contributed by atoms with Crippen LogP contribution in [0.4, 0.5) is 11.5 Å². The predicted octanol–water partition coefficient (Wildman–Crippen LogP) is 3.04. The lowest BCUT2D eigenvalue weighted by Gasteiger charge is -2.32. The molecule has 0 radical (unpaired) electrons. The molecule has 1 saturated heterocycles. The van der Waals surface area contributed by atoms with Crippen LogP contribution in [0.3, 0.4) is 0 Å². The summed E-state index contributed by atoms with van der Waals surface area (Å²) in [5, 5.41) is 3.73. The van der Waals surface area contributed by atoms with E-state index >= 15 is 0 Å². The number of carbonyl (C=O) groups is 1. The van der Waals surface area contributed by atoms with E-state index in [1.807, 2.05) is 24.3 Å². The van der Waals surface area contributed by atoms with E-state index in [4.69, 9.17) is 9.47 Å². The molecule has 3 aromatic rings. The third-order valence-corrected chi connectivity index (χ3v) is 6.08. The van der Waals surface area contributed by atoms with E-state index in [1.165, 1.54) is 4.57 Å². The minimum absolute atomic E-state index is 0.127. The highest BCUT2D eigenvalue weighted by Crippen LogP contribution is 2.32. The molecule has 3 heterocycles. The normalized spacial score (nSPS) is 16.2. The molecule has 2 aliphatic rings. The van der Waals surface area contributed by atoms with Gasteiger partial charge in [-0.25, -0.2) is 4.79 Å². The smallest absolute Gasteiger partial charge is 0.350 e. The van der Waals surface area contributed by atoms with Gasteiger partial charge in [-0.1, -0.05) is 19.1 Å². The fourth-order valence-electron chi connectivity index (χ4n) is 4.29. The number of piperidine rings is 1. The van der Waals surface area contributed by atoms with Gasteiger partial charge in [-0.05, 0) is 43.0 Å². The first-order valence-corrected chi connectivity index (χ1v) is 11.0. The quantitative estimate of drug-likeness (QED) is 0.679. The highest BCUT2D eigenvalue weighted by Gasteiger charge is 2.21. The molecular weight excluding hydrogens is 408 g/mol. The van der Waals surface area contributed by atoms with Gasteiger partial charge in [0, 0.05) is 30.2 Å². The van der Waals surface area contributed by atoms with Gasteiger partial charge >= 0.3 is 5.69 Å². The summed E-state index contributed by atoms with van der Waals surface area (Å²) in [5.41, 5.74) is 0.872. The molecule has 0 spiro atoms. The maximum atomic E-state index is 12.9. The van der Waals surface area contributed by atoms with Crippen molar-refractivity contribution in [1.82, 2.24) is 9.55 Å². The second-order valence-electron chi connectivity index (χ2n) is 8.40. The van der Waals surface area contributed by atoms with Gasteiger partial charge in [-0.3, -0.25) is 9.36 Å². The van der Waals surface area contributed by atoms with E-state index in [-0.39, 0.29) is 12.5 Å². The van der Waals surface area contributed by atoms with E-state index in [9.17, 15) is 9.59 Å². The molecule has 8 nitrogen and oxygen atoms in total. The van der Waals surface area contributed by atoms with Crippen LogP contribution in [0.5, 0.6) is 11.5 Å². The number of anilines is 2. The first kappa shape index (κ1) is 20.4. The molecule has 166 valence electrons. The van der Waals surface area contributed by atoms with Crippen molar-refractivity contribution in [2.45, 2.75) is 26.3 Å². The molecular formula is C24H26N4O4. The highest BCUT2D eigenvalue weighted by molar-refractivity contribution is 5.94. The topological polar surface area (TPSA) is 85.7 Å². The van der Waals surface area contributed by atoms with Crippen LogP contribution < -0.4 is 25.4 Å². The number of ether oxygens (including phenoxy) is 2. The molecule has 5 rings (SSSR count). The van der Waals surface area contributed by atoms with Crippen LogP contribution in [0.2, 0.25) is 0 Å². The van der Waals surface area contributed by atoms with Gasteiger partial charge in [0.15, 0.2) is 11.5 Å². The lowest BCUT2D eigenvalue weighted by atomic mass is 9.99. The summed E-state index contributed by atoms with van der Waals surface area (Å²) in [6, 6.07) is 12.9. The maximum Gasteiger partial charge on any atom is 0.350 e. The number of fused-ring (bicyclic) bond motifs is 2. The zero-order chi connectivity index (χ0) is 22.1. The zero-order valence-corrected chi connectivity index (χ0v) is 18.0. The summed E-state index contributed by atoms with van der Waals surface area (Å²) in [6.07, 6.45) is 2.16. The molecule has 1 aromatic heterocycles. The van der Waals surface area contributed by atoms with Crippen LogP contribution in [-0.4, -0.2) is 41.8 Å². The number of benzene rings is 2. The Labute approximate surface area is 185 Å². The number of amides is 1. The van der Waals surface area contributed by atoms with E-state index in [0.29, 0.717) is 47.7 Å². The van der Waals surface area contributed by atoms with Crippen molar-refractivity contribution in [3.05, 3.63) is 52.9 Å². The fourth-order valence-corrected chi connectivity index (χ4v) is 4.29. The first-order valence-electron chi connectivity index (χ1n) is 11.0. The average Bonchev–Trinajstić information content (AvgIpc) is 2.81. The third kappa shape index (κ3) is 4.00. The molecule has 0 unspecified atom stereocenters. The zero-order valence-electron chi connectivity index (χ0n) is 18.0. The number of hydrogen-bond acceptors (Lipinski definition) is 6.